The van der Waals surface area contributed by atoms with Gasteiger partial charge in [-0.3, -0.25) is 4.79 Å². The van der Waals surface area contributed by atoms with Gasteiger partial charge in [0.2, 0.25) is 15.9 Å². The van der Waals surface area contributed by atoms with Crippen LogP contribution in [0.3, 0.4) is 0 Å². The van der Waals surface area contributed by atoms with E-state index in [1.807, 2.05) is 0 Å². The molecule has 3 N–H and O–H groups in total. The molecule has 1 amide bonds. The predicted octanol–water partition coefficient (Wildman–Crippen LogP) is -0.0302. The average molecular weight is 234 g/mol. The van der Waals surface area contributed by atoms with Crippen LogP contribution in [-0.4, -0.2) is 26.1 Å². The molecule has 0 aliphatic heterocycles. The minimum atomic E-state index is -3.12. The second kappa shape index (κ2) is 4.94. The molecule has 0 bridgehead atoms. The number of amides is 1. The summed E-state index contributed by atoms with van der Waals surface area (Å²) in [6.07, 6.45) is 2.78. The lowest BCUT2D eigenvalue weighted by Crippen LogP contribution is -2.40. The maximum atomic E-state index is 11.3. The van der Waals surface area contributed by atoms with E-state index in [4.69, 9.17) is 5.73 Å². The van der Waals surface area contributed by atoms with Gasteiger partial charge in [-0.25, -0.2) is 13.1 Å². The number of carbonyl (C=O) groups excluding carboxylic acids is 1. The highest BCUT2D eigenvalue weighted by Gasteiger charge is 2.26. The van der Waals surface area contributed by atoms with Crippen LogP contribution in [0.2, 0.25) is 0 Å². The molecule has 1 fully saturated rings. The van der Waals surface area contributed by atoms with Gasteiger partial charge in [0.15, 0.2) is 0 Å². The molecule has 0 spiro atoms. The van der Waals surface area contributed by atoms with E-state index >= 15 is 0 Å². The van der Waals surface area contributed by atoms with Crippen molar-refractivity contribution in [2.75, 3.05) is 5.75 Å². The number of rotatable bonds is 4. The van der Waals surface area contributed by atoms with Gasteiger partial charge in [0, 0.05) is 12.0 Å². The molecule has 0 unspecified atom stereocenters. The summed E-state index contributed by atoms with van der Waals surface area (Å²) >= 11 is 0. The Balaban J connectivity index is 2.42. The van der Waals surface area contributed by atoms with Crippen LogP contribution in [-0.2, 0) is 14.8 Å². The van der Waals surface area contributed by atoms with Crippen molar-refractivity contribution in [3.05, 3.63) is 0 Å². The lowest BCUT2D eigenvalue weighted by molar-refractivity contribution is -0.122. The van der Waals surface area contributed by atoms with Crippen molar-refractivity contribution in [2.24, 2.45) is 11.7 Å². The van der Waals surface area contributed by atoms with E-state index in [2.05, 4.69) is 4.72 Å². The molecule has 0 aromatic rings. The number of nitrogens with one attached hydrogen (secondary N) is 1. The quantitative estimate of drug-likeness (QED) is 0.715. The second-order valence-electron chi connectivity index (χ2n) is 3.97. The van der Waals surface area contributed by atoms with E-state index in [1.54, 1.807) is 6.92 Å². The lowest BCUT2D eigenvalue weighted by atomic mass is 9.86. The first-order valence-corrected chi connectivity index (χ1v) is 6.89. The zero-order valence-corrected chi connectivity index (χ0v) is 9.72. The minimum absolute atomic E-state index is 0.0226. The molecule has 0 atom stereocenters. The second-order valence-corrected chi connectivity index (χ2v) is 6.01. The van der Waals surface area contributed by atoms with Crippen LogP contribution in [0.1, 0.15) is 32.6 Å². The third-order valence-electron chi connectivity index (χ3n) is 2.86. The van der Waals surface area contributed by atoms with Gasteiger partial charge in [-0.2, -0.15) is 0 Å². The van der Waals surface area contributed by atoms with Crippen molar-refractivity contribution >= 4 is 15.9 Å². The molecule has 1 aliphatic carbocycles. The number of hydrogen-bond acceptors (Lipinski definition) is 3. The fourth-order valence-electron chi connectivity index (χ4n) is 1.83. The summed E-state index contributed by atoms with van der Waals surface area (Å²) in [7, 11) is -3.12. The third-order valence-corrected chi connectivity index (χ3v) is 4.31. The van der Waals surface area contributed by atoms with Gasteiger partial charge in [0.25, 0.3) is 0 Å². The van der Waals surface area contributed by atoms with Gasteiger partial charge in [-0.1, -0.05) is 0 Å². The molecular formula is C9H18N2O3S. The van der Waals surface area contributed by atoms with E-state index in [0.29, 0.717) is 25.7 Å². The molecule has 0 saturated heterocycles. The summed E-state index contributed by atoms with van der Waals surface area (Å²) in [4.78, 5) is 10.9. The Kier molecular flexibility index (Phi) is 4.10. The van der Waals surface area contributed by atoms with Crippen LogP contribution >= 0.6 is 0 Å². The maximum Gasteiger partial charge on any atom is 0.220 e. The van der Waals surface area contributed by atoms with Crippen LogP contribution in [0.25, 0.3) is 0 Å². The van der Waals surface area contributed by atoms with Crippen LogP contribution in [0.5, 0.6) is 0 Å². The number of primary amides is 1. The minimum Gasteiger partial charge on any atom is -0.369 e. The Morgan fingerprint density at radius 3 is 2.27 bits per heavy atom. The highest BCUT2D eigenvalue weighted by Crippen LogP contribution is 2.24. The van der Waals surface area contributed by atoms with E-state index in [9.17, 15) is 13.2 Å². The molecule has 1 saturated carbocycles. The van der Waals surface area contributed by atoms with Crippen LogP contribution in [0, 0.1) is 5.92 Å². The normalized spacial score (nSPS) is 27.5. The van der Waals surface area contributed by atoms with Crippen LogP contribution in [0.15, 0.2) is 0 Å². The molecule has 1 rings (SSSR count). The first-order valence-electron chi connectivity index (χ1n) is 5.24. The first kappa shape index (κ1) is 12.4. The molecule has 1 aliphatic rings. The Bertz CT molecular complexity index is 318. The van der Waals surface area contributed by atoms with Gasteiger partial charge in [-0.15, -0.1) is 0 Å². The molecular weight excluding hydrogens is 216 g/mol. The summed E-state index contributed by atoms with van der Waals surface area (Å²) in [5.41, 5.74) is 5.19. The summed E-state index contributed by atoms with van der Waals surface area (Å²) in [5, 5.41) is 0. The molecule has 88 valence electrons. The number of nitrogens with two attached hydrogens (primary N) is 1. The summed E-state index contributed by atoms with van der Waals surface area (Å²) in [6, 6.07) is -0.0226. The highest BCUT2D eigenvalue weighted by atomic mass is 32.2. The van der Waals surface area contributed by atoms with Crippen LogP contribution in [0.4, 0.5) is 0 Å². The molecule has 6 heteroatoms. The van der Waals surface area contributed by atoms with Crippen molar-refractivity contribution in [1.29, 1.82) is 0 Å². The van der Waals surface area contributed by atoms with Crippen LogP contribution < -0.4 is 10.5 Å². The third kappa shape index (κ3) is 3.79. The van der Waals surface area contributed by atoms with Gasteiger partial charge >= 0.3 is 0 Å². The van der Waals surface area contributed by atoms with E-state index in [0.717, 1.165) is 0 Å². The smallest absolute Gasteiger partial charge is 0.220 e. The molecule has 0 radical (unpaired) electrons. The predicted molar refractivity (Wildman–Crippen MR) is 57.5 cm³/mol. The van der Waals surface area contributed by atoms with Crippen molar-refractivity contribution in [2.45, 2.75) is 38.6 Å². The summed E-state index contributed by atoms with van der Waals surface area (Å²) < 4.78 is 25.2. The van der Waals surface area contributed by atoms with Crippen molar-refractivity contribution < 1.29 is 13.2 Å². The number of carbonyl (C=O) groups is 1. The topological polar surface area (TPSA) is 89.3 Å². The zero-order chi connectivity index (χ0) is 11.5. The average Bonchev–Trinajstić information content (AvgIpc) is 2.18. The van der Waals surface area contributed by atoms with Gasteiger partial charge < -0.3 is 5.73 Å². The fraction of sp³-hybridized carbons (Fsp3) is 0.889. The zero-order valence-electron chi connectivity index (χ0n) is 8.90. The molecule has 15 heavy (non-hydrogen) atoms. The largest absolute Gasteiger partial charge is 0.369 e. The summed E-state index contributed by atoms with van der Waals surface area (Å²) in [5.74, 6) is -0.248. The van der Waals surface area contributed by atoms with Gasteiger partial charge in [0.1, 0.15) is 0 Å². The van der Waals surface area contributed by atoms with Gasteiger partial charge in [-0.05, 0) is 32.6 Å². The SMILES string of the molecule is CCS(=O)(=O)NC1CCC(C(N)=O)CC1. The lowest BCUT2D eigenvalue weighted by Gasteiger charge is -2.26. The molecule has 5 nitrogen and oxygen atoms in total. The summed E-state index contributed by atoms with van der Waals surface area (Å²) in [6.45, 7) is 1.61. The Morgan fingerprint density at radius 1 is 1.33 bits per heavy atom. The number of hydrogen-bond donors (Lipinski definition) is 2. The molecule has 0 heterocycles. The Hall–Kier alpha value is -0.620. The van der Waals surface area contributed by atoms with Crippen molar-refractivity contribution in [3.8, 4) is 0 Å². The first-order chi connectivity index (χ1) is 6.94. The Labute approximate surface area is 90.5 Å². The highest BCUT2D eigenvalue weighted by molar-refractivity contribution is 7.89. The number of sulfonamides is 1. The monoisotopic (exact) mass is 234 g/mol. The van der Waals surface area contributed by atoms with Crippen molar-refractivity contribution in [1.82, 2.24) is 4.72 Å². The fourth-order valence-corrected chi connectivity index (χ4v) is 2.74. The van der Waals surface area contributed by atoms with Crippen molar-refractivity contribution in [3.63, 3.8) is 0 Å². The van der Waals surface area contributed by atoms with E-state index in [1.165, 1.54) is 0 Å². The van der Waals surface area contributed by atoms with E-state index < -0.39 is 10.0 Å². The van der Waals surface area contributed by atoms with E-state index in [-0.39, 0.29) is 23.6 Å². The van der Waals surface area contributed by atoms with Gasteiger partial charge in [0.05, 0.1) is 5.75 Å². The maximum absolute atomic E-state index is 11.3. The standard InChI is InChI=1S/C9H18N2O3S/c1-2-15(13,14)11-8-5-3-7(4-6-8)9(10)12/h7-8,11H,2-6H2,1H3,(H2,10,12). The Morgan fingerprint density at radius 2 is 1.87 bits per heavy atom. The molecule has 0 aromatic heterocycles. The molecule has 0 aromatic carbocycles.